The molecule has 3 rings (SSSR count). The maximum atomic E-state index is 13.1. The summed E-state index contributed by atoms with van der Waals surface area (Å²) in [4.78, 5) is 30.3. The highest BCUT2D eigenvalue weighted by molar-refractivity contribution is 6.04. The van der Waals surface area contributed by atoms with Gasteiger partial charge in [-0.1, -0.05) is 47.6 Å². The minimum Gasteiger partial charge on any atom is -0.382 e. The lowest BCUT2D eigenvalue weighted by Gasteiger charge is -2.19. The summed E-state index contributed by atoms with van der Waals surface area (Å²) in [7, 11) is 0. The van der Waals surface area contributed by atoms with Crippen LogP contribution in [0.1, 0.15) is 24.5 Å². The van der Waals surface area contributed by atoms with Crippen LogP contribution in [0.25, 0.3) is 0 Å². The Morgan fingerprint density at radius 1 is 1.18 bits per heavy atom. The van der Waals surface area contributed by atoms with Crippen molar-refractivity contribution in [3.8, 4) is 0 Å². The Labute approximate surface area is 162 Å². The number of benzene rings is 2. The lowest BCUT2D eigenvalue weighted by atomic mass is 10.0. The molecule has 0 bridgehead atoms. The van der Waals surface area contributed by atoms with Crippen LogP contribution in [-0.2, 0) is 20.8 Å². The molecule has 1 aliphatic rings. The molecule has 0 spiro atoms. The summed E-state index contributed by atoms with van der Waals surface area (Å²) in [5.41, 5.74) is 2.20. The average Bonchev–Trinajstić information content (AvgIpc) is 3.19. The van der Waals surface area contributed by atoms with Gasteiger partial charge in [-0.15, -0.1) is 0 Å². The van der Waals surface area contributed by atoms with E-state index in [0.717, 1.165) is 5.56 Å². The zero-order chi connectivity index (χ0) is 19.9. The van der Waals surface area contributed by atoms with Gasteiger partial charge in [0, 0.05) is 19.4 Å². The van der Waals surface area contributed by atoms with E-state index in [1.54, 1.807) is 12.1 Å². The van der Waals surface area contributed by atoms with Crippen LogP contribution < -0.4 is 10.6 Å². The fourth-order valence-electron chi connectivity index (χ4n) is 2.95. The van der Waals surface area contributed by atoms with E-state index in [1.165, 1.54) is 12.1 Å². The molecule has 0 radical (unpaired) electrons. The second-order valence-electron chi connectivity index (χ2n) is 6.49. The van der Waals surface area contributed by atoms with E-state index in [9.17, 15) is 14.0 Å². The lowest BCUT2D eigenvalue weighted by Crippen LogP contribution is -2.50. The van der Waals surface area contributed by atoms with Gasteiger partial charge < -0.3 is 15.5 Å². The molecule has 2 aromatic rings. The van der Waals surface area contributed by atoms with Gasteiger partial charge in [0.25, 0.3) is 5.91 Å². The van der Waals surface area contributed by atoms with E-state index in [0.29, 0.717) is 24.2 Å². The van der Waals surface area contributed by atoms with Crippen molar-refractivity contribution < 1.29 is 18.8 Å². The van der Waals surface area contributed by atoms with Crippen LogP contribution in [0.4, 0.5) is 4.39 Å². The third-order valence-corrected chi connectivity index (χ3v) is 4.41. The summed E-state index contributed by atoms with van der Waals surface area (Å²) in [6.07, 6.45) is -0.199. The van der Waals surface area contributed by atoms with E-state index in [4.69, 9.17) is 4.84 Å². The molecule has 2 atom stereocenters. The number of hydrogen-bond donors (Lipinski definition) is 2. The van der Waals surface area contributed by atoms with Gasteiger partial charge in [0.2, 0.25) is 12.0 Å². The first kappa shape index (κ1) is 19.5. The number of amides is 2. The largest absolute Gasteiger partial charge is 0.382 e. The molecule has 0 saturated heterocycles. The predicted octanol–water partition coefficient (Wildman–Crippen LogP) is 2.18. The number of oxime groups is 1. The van der Waals surface area contributed by atoms with Crippen LogP contribution in [0.3, 0.4) is 0 Å². The minimum atomic E-state index is -0.826. The summed E-state index contributed by atoms with van der Waals surface area (Å²) in [5.74, 6) is -1.01. The molecule has 146 valence electrons. The first-order valence-electron chi connectivity index (χ1n) is 9.17. The summed E-state index contributed by atoms with van der Waals surface area (Å²) in [6.45, 7) is 2.29. The molecule has 2 amide bonds. The van der Waals surface area contributed by atoms with E-state index >= 15 is 0 Å². The summed E-state index contributed by atoms with van der Waals surface area (Å²) in [6, 6.07) is 14.6. The molecule has 7 heteroatoms. The fourth-order valence-corrected chi connectivity index (χ4v) is 2.95. The van der Waals surface area contributed by atoms with Gasteiger partial charge in [0.15, 0.2) is 0 Å². The van der Waals surface area contributed by atoms with Crippen LogP contribution in [0.5, 0.6) is 0 Å². The molecule has 0 unspecified atom stereocenters. The average molecular weight is 383 g/mol. The van der Waals surface area contributed by atoms with Crippen molar-refractivity contribution in [2.24, 2.45) is 5.16 Å². The van der Waals surface area contributed by atoms with Crippen molar-refractivity contribution in [2.75, 3.05) is 6.54 Å². The molecule has 2 N–H and O–H groups in total. The van der Waals surface area contributed by atoms with Gasteiger partial charge in [0.1, 0.15) is 11.9 Å². The van der Waals surface area contributed by atoms with Crippen molar-refractivity contribution >= 4 is 17.5 Å². The van der Waals surface area contributed by atoms with Gasteiger partial charge in [-0.05, 0) is 30.2 Å². The van der Waals surface area contributed by atoms with E-state index in [2.05, 4.69) is 15.8 Å². The Morgan fingerprint density at radius 3 is 2.57 bits per heavy atom. The van der Waals surface area contributed by atoms with Crippen molar-refractivity contribution in [3.05, 3.63) is 71.5 Å². The van der Waals surface area contributed by atoms with Gasteiger partial charge in [-0.25, -0.2) is 4.39 Å². The van der Waals surface area contributed by atoms with Crippen LogP contribution >= 0.6 is 0 Å². The Morgan fingerprint density at radius 2 is 1.89 bits per heavy atom. The smallest absolute Gasteiger partial charge is 0.265 e. The molecule has 1 heterocycles. The Hall–Kier alpha value is -3.22. The van der Waals surface area contributed by atoms with Crippen molar-refractivity contribution in [1.82, 2.24) is 10.6 Å². The first-order valence-corrected chi connectivity index (χ1v) is 9.17. The van der Waals surface area contributed by atoms with E-state index in [-0.39, 0.29) is 18.1 Å². The number of nitrogens with zero attached hydrogens (tertiary/aromatic N) is 1. The van der Waals surface area contributed by atoms with E-state index < -0.39 is 18.1 Å². The normalized spacial score (nSPS) is 16.6. The maximum Gasteiger partial charge on any atom is 0.265 e. The standard InChI is InChI=1S/C21H22FN3O3/c1-2-23-20(26)18(12-14-6-4-3-5-7-14)24-21(27)19-13-17(25-28-19)15-8-10-16(22)11-9-15/h3-11,18-19H,2,12-13H2,1H3,(H,23,26)(H,24,27)/t18-,19-/m1/s1. The zero-order valence-electron chi connectivity index (χ0n) is 15.5. The fraction of sp³-hybridized carbons (Fsp3) is 0.286. The Bertz CT molecular complexity index is 853. The molecular formula is C21H22FN3O3. The third kappa shape index (κ3) is 4.94. The topological polar surface area (TPSA) is 79.8 Å². The lowest BCUT2D eigenvalue weighted by molar-refractivity contribution is -0.135. The molecule has 0 aromatic heterocycles. The van der Waals surface area contributed by atoms with Gasteiger partial charge in [-0.2, -0.15) is 0 Å². The monoisotopic (exact) mass is 383 g/mol. The van der Waals surface area contributed by atoms with Gasteiger partial charge in [-0.3, -0.25) is 9.59 Å². The SMILES string of the molecule is CCNC(=O)[C@@H](Cc1ccccc1)NC(=O)[C@H]1CC(c2ccc(F)cc2)=NO1. The summed E-state index contributed by atoms with van der Waals surface area (Å²) < 4.78 is 13.1. The highest BCUT2D eigenvalue weighted by Gasteiger charge is 2.32. The molecular weight excluding hydrogens is 361 g/mol. The predicted molar refractivity (Wildman–Crippen MR) is 103 cm³/mol. The Balaban J connectivity index is 1.63. The van der Waals surface area contributed by atoms with Crippen molar-refractivity contribution in [1.29, 1.82) is 0 Å². The number of carbonyl (C=O) groups excluding carboxylic acids is 2. The number of rotatable bonds is 7. The maximum absolute atomic E-state index is 13.1. The molecule has 6 nitrogen and oxygen atoms in total. The number of likely N-dealkylation sites (N-methyl/N-ethyl adjacent to an activating group) is 1. The van der Waals surface area contributed by atoms with Gasteiger partial charge >= 0.3 is 0 Å². The highest BCUT2D eigenvalue weighted by Crippen LogP contribution is 2.17. The molecule has 0 fully saturated rings. The number of halogens is 1. The summed E-state index contributed by atoms with van der Waals surface area (Å²) >= 11 is 0. The van der Waals surface area contributed by atoms with Crippen LogP contribution in [0, 0.1) is 5.82 Å². The zero-order valence-corrected chi connectivity index (χ0v) is 15.5. The second kappa shape index (κ2) is 9.12. The summed E-state index contributed by atoms with van der Waals surface area (Å²) in [5, 5.41) is 9.45. The molecule has 0 aliphatic carbocycles. The van der Waals surface area contributed by atoms with Gasteiger partial charge in [0.05, 0.1) is 5.71 Å². The quantitative estimate of drug-likeness (QED) is 0.769. The molecule has 1 aliphatic heterocycles. The first-order chi connectivity index (χ1) is 13.6. The Kier molecular flexibility index (Phi) is 6.37. The van der Waals surface area contributed by atoms with Crippen LogP contribution in [0.15, 0.2) is 59.8 Å². The molecule has 0 saturated carbocycles. The number of carbonyl (C=O) groups is 2. The van der Waals surface area contributed by atoms with E-state index in [1.807, 2.05) is 37.3 Å². The highest BCUT2D eigenvalue weighted by atomic mass is 19.1. The van der Waals surface area contributed by atoms with Crippen LogP contribution in [0.2, 0.25) is 0 Å². The second-order valence-corrected chi connectivity index (χ2v) is 6.49. The number of nitrogens with one attached hydrogen (secondary N) is 2. The number of hydrogen-bond acceptors (Lipinski definition) is 4. The molecule has 28 heavy (non-hydrogen) atoms. The molecule has 2 aromatic carbocycles. The van der Waals surface area contributed by atoms with Crippen LogP contribution in [-0.4, -0.2) is 36.2 Å². The minimum absolute atomic E-state index is 0.252. The third-order valence-electron chi connectivity index (χ3n) is 4.41. The van der Waals surface area contributed by atoms with Crippen molar-refractivity contribution in [2.45, 2.75) is 31.9 Å². The van der Waals surface area contributed by atoms with Crippen molar-refractivity contribution in [3.63, 3.8) is 0 Å².